The summed E-state index contributed by atoms with van der Waals surface area (Å²) < 4.78 is 0. The summed E-state index contributed by atoms with van der Waals surface area (Å²) in [5.41, 5.74) is 20.2. The van der Waals surface area contributed by atoms with Gasteiger partial charge in [0.25, 0.3) is 0 Å². The van der Waals surface area contributed by atoms with Gasteiger partial charge in [0.2, 0.25) is 47.3 Å². The molecule has 0 aliphatic carbocycles. The van der Waals surface area contributed by atoms with Crippen molar-refractivity contribution in [2.75, 3.05) is 25.1 Å². The van der Waals surface area contributed by atoms with Crippen LogP contribution in [0.3, 0.4) is 0 Å². The zero-order chi connectivity index (χ0) is 58.5. The molecule has 1 unspecified atom stereocenters. The minimum absolute atomic E-state index is 0.0204. The summed E-state index contributed by atoms with van der Waals surface area (Å²) in [7, 11) is 3.77. The molecule has 4 aromatic rings. The van der Waals surface area contributed by atoms with Gasteiger partial charge in [0.1, 0.15) is 30.2 Å². The van der Waals surface area contributed by atoms with Crippen molar-refractivity contribution in [3.63, 3.8) is 0 Å². The van der Waals surface area contributed by atoms with Crippen molar-refractivity contribution >= 4 is 109 Å². The molecule has 1 fully saturated rings. The van der Waals surface area contributed by atoms with Crippen LogP contribution < -0.4 is 54.4 Å². The first kappa shape index (κ1) is 64.6. The van der Waals surface area contributed by atoms with Crippen LogP contribution in [0.2, 0.25) is 15.1 Å². The Bertz CT molecular complexity index is 2780. The number of hydrogen-bond acceptors (Lipinski definition) is 14. The largest absolute Gasteiger partial charge is 0.391 e. The molecule has 1 saturated heterocycles. The van der Waals surface area contributed by atoms with Gasteiger partial charge in [-0.25, -0.2) is 0 Å². The molecule has 0 aromatic heterocycles. The average molecular weight is 1200 g/mol. The summed E-state index contributed by atoms with van der Waals surface area (Å²) in [6, 6.07) is 15.9. The Morgan fingerprint density at radius 1 is 0.662 bits per heavy atom. The number of benzene rings is 4. The Morgan fingerprint density at radius 3 is 1.75 bits per heavy atom. The van der Waals surface area contributed by atoms with Gasteiger partial charge in [0.05, 0.1) is 18.2 Å². The molecule has 25 heteroatoms. The summed E-state index contributed by atoms with van der Waals surface area (Å²) in [6.07, 6.45) is -1.36. The number of amides is 8. The monoisotopic (exact) mass is 1200 g/mol. The lowest BCUT2D eigenvalue weighted by atomic mass is 9.90. The number of rotatable bonds is 20. The number of ketones is 1. The van der Waals surface area contributed by atoms with E-state index < -0.39 is 114 Å². The topological polar surface area (TPSA) is 336 Å². The summed E-state index contributed by atoms with van der Waals surface area (Å²) in [6.45, 7) is 1.78. The molecule has 8 amide bonds. The molecule has 4 aromatic carbocycles. The lowest BCUT2D eigenvalue weighted by molar-refractivity contribution is -0.137. The highest BCUT2D eigenvalue weighted by molar-refractivity contribution is 8.76. The second kappa shape index (κ2) is 32.3. The Labute approximate surface area is 487 Å². The normalized spacial score (nSPS) is 21.1. The predicted octanol–water partition coefficient (Wildman–Crippen LogP) is 2.48. The highest BCUT2D eigenvalue weighted by Gasteiger charge is 2.37. The smallest absolute Gasteiger partial charge is 0.248 e. The number of carbonyl (C=O) groups is 9. The molecule has 0 saturated carbocycles. The zero-order valence-electron chi connectivity index (χ0n) is 44.0. The van der Waals surface area contributed by atoms with E-state index in [0.717, 1.165) is 21.6 Å². The fraction of sp³-hybridized carbons (Fsp3) is 0.400. The van der Waals surface area contributed by atoms with Gasteiger partial charge >= 0.3 is 0 Å². The third-order valence-electron chi connectivity index (χ3n) is 13.0. The van der Waals surface area contributed by atoms with Crippen LogP contribution in [0.1, 0.15) is 65.2 Å². The van der Waals surface area contributed by atoms with Gasteiger partial charge in [-0.15, -0.1) is 0 Å². The van der Waals surface area contributed by atoms with Crippen LogP contribution in [0, 0.1) is 5.92 Å². The van der Waals surface area contributed by atoms with Gasteiger partial charge < -0.3 is 59.5 Å². The number of unbranched alkanes of at least 4 members (excludes halogenated alkanes) is 1. The van der Waals surface area contributed by atoms with Gasteiger partial charge in [-0.3, -0.25) is 43.2 Å². The molecule has 14 N–H and O–H groups in total. The van der Waals surface area contributed by atoms with Crippen LogP contribution in [0.25, 0.3) is 0 Å². The van der Waals surface area contributed by atoms with Crippen molar-refractivity contribution in [3.8, 4) is 0 Å². The van der Waals surface area contributed by atoms with Crippen LogP contribution in [0.15, 0.2) is 97.1 Å². The second-order valence-electron chi connectivity index (χ2n) is 19.3. The number of carbonyl (C=O) groups excluding carboxylic acids is 9. The minimum atomic E-state index is -1.72. The number of hydrogen-bond donors (Lipinski definition) is 11. The third-order valence-corrected chi connectivity index (χ3v) is 16.2. The quantitative estimate of drug-likeness (QED) is 0.0448. The fourth-order valence-electron chi connectivity index (χ4n) is 8.43. The third kappa shape index (κ3) is 21.0. The van der Waals surface area contributed by atoms with Gasteiger partial charge in [0.15, 0.2) is 5.78 Å². The van der Waals surface area contributed by atoms with Crippen LogP contribution in [0.5, 0.6) is 0 Å². The first-order valence-corrected chi connectivity index (χ1v) is 29.3. The van der Waals surface area contributed by atoms with Crippen molar-refractivity contribution < 1.29 is 48.3 Å². The van der Waals surface area contributed by atoms with E-state index in [0.29, 0.717) is 56.7 Å². The van der Waals surface area contributed by atoms with E-state index in [9.17, 15) is 48.3 Å². The van der Waals surface area contributed by atoms with Crippen LogP contribution >= 0.6 is 56.4 Å². The van der Waals surface area contributed by atoms with Crippen molar-refractivity contribution in [3.05, 3.63) is 140 Å². The van der Waals surface area contributed by atoms with E-state index >= 15 is 0 Å². The molecule has 80 heavy (non-hydrogen) atoms. The van der Waals surface area contributed by atoms with E-state index in [1.165, 1.54) is 19.1 Å². The summed E-state index contributed by atoms with van der Waals surface area (Å²) in [5.74, 6) is -8.90. The summed E-state index contributed by atoms with van der Waals surface area (Å²) in [4.78, 5) is 126. The predicted molar refractivity (Wildman–Crippen MR) is 310 cm³/mol. The zero-order valence-corrected chi connectivity index (χ0v) is 47.9. The van der Waals surface area contributed by atoms with Gasteiger partial charge in [-0.05, 0) is 123 Å². The van der Waals surface area contributed by atoms with Crippen LogP contribution in [-0.4, -0.2) is 132 Å². The molecule has 1 heterocycles. The van der Waals surface area contributed by atoms with Crippen molar-refractivity contribution in [2.24, 2.45) is 23.1 Å². The van der Waals surface area contributed by atoms with Gasteiger partial charge in [0, 0.05) is 57.3 Å². The van der Waals surface area contributed by atoms with E-state index in [1.807, 2.05) is 0 Å². The molecule has 20 nitrogen and oxygen atoms in total. The Hall–Kier alpha value is -6.24. The number of Topliss-reactive ketones (excluding diaryl/α,β-unsaturated/α-hetero) is 1. The molecule has 1 aliphatic rings. The highest BCUT2D eigenvalue weighted by atomic mass is 35.5. The van der Waals surface area contributed by atoms with E-state index in [4.69, 9.17) is 52.0 Å². The van der Waals surface area contributed by atoms with Crippen molar-refractivity contribution in [1.29, 1.82) is 0 Å². The molecule has 1 aliphatic heterocycles. The maximum atomic E-state index is 14.9. The molecule has 0 spiro atoms. The Balaban J connectivity index is 1.58. The van der Waals surface area contributed by atoms with Crippen molar-refractivity contribution in [2.45, 2.75) is 107 Å². The number of aliphatic hydroxyl groups excluding tert-OH is 1. The summed E-state index contributed by atoms with van der Waals surface area (Å²) >= 11 is 18.4. The Morgan fingerprint density at radius 2 is 1.19 bits per heavy atom. The molecular formula is C55H67Cl3N10O10S2. The number of nitrogens with one attached hydrogen (secondary N) is 7. The van der Waals surface area contributed by atoms with E-state index in [-0.39, 0.29) is 49.2 Å². The number of primary amides is 2. The SMILES string of the molecule is CNCCCC[C@@H]1NC(=O)[C@@H](Cc2ccc(C(N)=O)cc2)NC(=O)[C@H](Cc2ccc(Cl)cc2)CC(=O)[C@H](NC(=O)[C@@H](N)Cc2ccc(Cl)cc2)CSSC[C@@H](C(=O)NC(Cc2ccc(Cl)cc2)C(N)=O)NC(=O)[C@H]([C@@H](C)O)NC1=O. The maximum absolute atomic E-state index is 14.9. The minimum Gasteiger partial charge on any atom is -0.391 e. The van der Waals surface area contributed by atoms with Crippen LogP contribution in [0.4, 0.5) is 0 Å². The summed E-state index contributed by atoms with van der Waals surface area (Å²) in [5, 5.41) is 31.5. The first-order valence-electron chi connectivity index (χ1n) is 25.7. The molecular weight excluding hydrogens is 1130 g/mol. The van der Waals surface area contributed by atoms with Gasteiger partial charge in [-0.1, -0.05) is 105 Å². The lowest BCUT2D eigenvalue weighted by Crippen LogP contribution is -2.62. The molecule has 9 atom stereocenters. The standard InChI is InChI=1S/C55H67Cl3N10O10S2/c1-30(69)47-55(78)67-45(54(77)64-42(49(61)72)25-34-12-20-39(58)21-13-34)29-80-79-28-44(66-51(74)40(59)24-32-10-18-38(57)19-11-32)46(70)27-36(23-31-8-16-37(56)17-9-31)50(73)65-43(26-33-6-14-35(15-7-33)48(60)71)53(76)63-41(52(75)68-47)5-3-4-22-62-2/h6-21,30,36,40-45,47,62,69H,3-5,22-29,59H2,1-2H3,(H2,60,71)(H2,61,72)(H,63,76)(H,64,77)(H,65,73)(H,66,74)(H,67,78)(H,68,75)/t30-,36-,40+,41+,42?,43-,44-,45+,47+/m1/s1. The number of nitrogens with two attached hydrogens (primary N) is 3. The lowest BCUT2D eigenvalue weighted by Gasteiger charge is -2.29. The average Bonchev–Trinajstić information content (AvgIpc) is 3.42. The number of halogens is 3. The molecule has 0 bridgehead atoms. The van der Waals surface area contributed by atoms with E-state index in [1.54, 1.807) is 92.0 Å². The molecule has 0 radical (unpaired) electrons. The fourth-order valence-corrected chi connectivity index (χ4v) is 11.2. The highest BCUT2D eigenvalue weighted by Crippen LogP contribution is 2.26. The first-order chi connectivity index (χ1) is 38.1. The Kier molecular flexibility index (Phi) is 26.0. The van der Waals surface area contributed by atoms with Crippen molar-refractivity contribution in [1.82, 2.24) is 37.2 Å². The van der Waals surface area contributed by atoms with Gasteiger partial charge in [-0.2, -0.15) is 0 Å². The van der Waals surface area contributed by atoms with E-state index in [2.05, 4.69) is 37.2 Å². The molecule has 430 valence electrons. The van der Waals surface area contributed by atoms with Crippen LogP contribution in [-0.2, 0) is 64.0 Å². The second-order valence-corrected chi connectivity index (χ2v) is 23.2. The maximum Gasteiger partial charge on any atom is 0.248 e. The number of aliphatic hydroxyl groups is 1. The molecule has 5 rings (SSSR count).